The Balaban J connectivity index is 1.53. The highest BCUT2D eigenvalue weighted by molar-refractivity contribution is 7.99. The van der Waals surface area contributed by atoms with E-state index in [1.807, 2.05) is 55.6 Å². The van der Waals surface area contributed by atoms with Crippen molar-refractivity contribution in [1.29, 1.82) is 0 Å². The van der Waals surface area contributed by atoms with Crippen molar-refractivity contribution in [2.75, 3.05) is 17.3 Å². The number of hydrogen-bond acceptors (Lipinski definition) is 5. The average Bonchev–Trinajstić information content (AvgIpc) is 3.20. The number of carbonyl (C=O) groups is 2. The summed E-state index contributed by atoms with van der Waals surface area (Å²) in [4.78, 5) is 31.1. The zero-order valence-corrected chi connectivity index (χ0v) is 18.9. The van der Waals surface area contributed by atoms with Gasteiger partial charge in [0.25, 0.3) is 5.91 Å². The van der Waals surface area contributed by atoms with E-state index in [-0.39, 0.29) is 5.91 Å². The smallest absolute Gasteiger partial charge is 0.316 e. The molecule has 9 heteroatoms. The molecule has 4 aromatic rings. The summed E-state index contributed by atoms with van der Waals surface area (Å²) in [6, 6.07) is 21.7. The maximum Gasteiger partial charge on any atom is 0.316 e. The van der Waals surface area contributed by atoms with Crippen LogP contribution in [-0.4, -0.2) is 33.8 Å². The number of urea groups is 1. The minimum Gasteiger partial charge on any atom is -0.351 e. The van der Waals surface area contributed by atoms with E-state index < -0.39 is 6.03 Å². The molecule has 166 valence electrons. The first-order valence-corrected chi connectivity index (χ1v) is 10.9. The van der Waals surface area contributed by atoms with Gasteiger partial charge in [0.1, 0.15) is 10.8 Å². The van der Waals surface area contributed by atoms with Crippen LogP contribution < -0.4 is 16.0 Å². The van der Waals surface area contributed by atoms with E-state index in [0.717, 1.165) is 16.2 Å². The number of aryl methyl sites for hydroxylation is 1. The maximum absolute atomic E-state index is 13.2. The molecule has 0 aliphatic carbocycles. The third kappa shape index (κ3) is 5.21. The summed E-state index contributed by atoms with van der Waals surface area (Å²) in [6.45, 7) is 0. The molecule has 2 aromatic heterocycles. The standard InChI is InChI=1S/C24H22N6O2S/c1-29(22-15-20(28-30(22)2)16-7-4-3-5-8-16)23(31)17-11-12-26-21(13-17)33-19-10-6-9-18(14-19)27-24(25)32/h3-15H,1-2H3,(H3,25,27,32). The minimum absolute atomic E-state index is 0.175. The molecular weight excluding hydrogens is 436 g/mol. The Morgan fingerprint density at radius 2 is 1.82 bits per heavy atom. The van der Waals surface area contributed by atoms with Gasteiger partial charge in [0.2, 0.25) is 0 Å². The molecule has 0 spiro atoms. The number of amides is 3. The molecule has 0 saturated carbocycles. The largest absolute Gasteiger partial charge is 0.351 e. The van der Waals surface area contributed by atoms with Crippen LogP contribution in [-0.2, 0) is 7.05 Å². The van der Waals surface area contributed by atoms with Crippen molar-refractivity contribution in [2.45, 2.75) is 9.92 Å². The van der Waals surface area contributed by atoms with Crippen LogP contribution in [0.4, 0.5) is 16.3 Å². The van der Waals surface area contributed by atoms with Crippen molar-refractivity contribution in [3.8, 4) is 11.3 Å². The predicted octanol–water partition coefficient (Wildman–Crippen LogP) is 4.40. The Morgan fingerprint density at radius 1 is 1.03 bits per heavy atom. The van der Waals surface area contributed by atoms with Gasteiger partial charge in [-0.3, -0.25) is 14.4 Å². The lowest BCUT2D eigenvalue weighted by Gasteiger charge is -2.17. The highest BCUT2D eigenvalue weighted by Crippen LogP contribution is 2.29. The monoisotopic (exact) mass is 458 g/mol. The molecule has 0 atom stereocenters. The molecule has 0 fully saturated rings. The van der Waals surface area contributed by atoms with Gasteiger partial charge in [-0.2, -0.15) is 5.10 Å². The summed E-state index contributed by atoms with van der Waals surface area (Å²) in [7, 11) is 3.53. The van der Waals surface area contributed by atoms with Crippen LogP contribution in [0.5, 0.6) is 0 Å². The molecular formula is C24H22N6O2S. The molecule has 33 heavy (non-hydrogen) atoms. The zero-order valence-electron chi connectivity index (χ0n) is 18.1. The number of nitrogens with one attached hydrogen (secondary N) is 1. The van der Waals surface area contributed by atoms with Crippen molar-refractivity contribution in [3.63, 3.8) is 0 Å². The number of pyridine rings is 1. The number of nitrogens with two attached hydrogens (primary N) is 1. The summed E-state index contributed by atoms with van der Waals surface area (Å²) in [5, 5.41) is 7.75. The van der Waals surface area contributed by atoms with Crippen molar-refractivity contribution < 1.29 is 9.59 Å². The second kappa shape index (κ2) is 9.58. The second-order valence-corrected chi connectivity index (χ2v) is 8.34. The highest BCUT2D eigenvalue weighted by Gasteiger charge is 2.19. The molecule has 3 N–H and O–H groups in total. The topological polar surface area (TPSA) is 106 Å². The summed E-state index contributed by atoms with van der Waals surface area (Å²) in [6.07, 6.45) is 1.60. The molecule has 0 aliphatic rings. The number of primary amides is 1. The summed E-state index contributed by atoms with van der Waals surface area (Å²) in [5.41, 5.74) is 8.05. The Morgan fingerprint density at radius 3 is 2.58 bits per heavy atom. The van der Waals surface area contributed by atoms with Crippen LogP contribution >= 0.6 is 11.8 Å². The van der Waals surface area contributed by atoms with E-state index >= 15 is 0 Å². The van der Waals surface area contributed by atoms with E-state index in [0.29, 0.717) is 22.1 Å². The van der Waals surface area contributed by atoms with Gasteiger partial charge >= 0.3 is 6.03 Å². The first kappa shape index (κ1) is 22.1. The van der Waals surface area contributed by atoms with E-state index in [2.05, 4.69) is 15.4 Å². The summed E-state index contributed by atoms with van der Waals surface area (Å²) < 4.78 is 1.69. The van der Waals surface area contributed by atoms with Crippen LogP contribution in [0.2, 0.25) is 0 Å². The van der Waals surface area contributed by atoms with Gasteiger partial charge in [-0.15, -0.1) is 0 Å². The second-order valence-electron chi connectivity index (χ2n) is 7.24. The fourth-order valence-electron chi connectivity index (χ4n) is 3.32. The lowest BCUT2D eigenvalue weighted by molar-refractivity contribution is 0.0991. The number of aromatic nitrogens is 3. The zero-order chi connectivity index (χ0) is 23.4. The van der Waals surface area contributed by atoms with Crippen LogP contribution in [0.3, 0.4) is 0 Å². The number of hydrogen-bond donors (Lipinski definition) is 2. The number of anilines is 2. The molecule has 8 nitrogen and oxygen atoms in total. The maximum atomic E-state index is 13.2. The molecule has 2 heterocycles. The fourth-order valence-corrected chi connectivity index (χ4v) is 4.19. The highest BCUT2D eigenvalue weighted by atomic mass is 32.2. The van der Waals surface area contributed by atoms with Gasteiger partial charge in [-0.1, -0.05) is 48.2 Å². The number of benzene rings is 2. The van der Waals surface area contributed by atoms with Crippen molar-refractivity contribution in [2.24, 2.45) is 12.8 Å². The van der Waals surface area contributed by atoms with E-state index in [1.165, 1.54) is 11.8 Å². The molecule has 0 aliphatic heterocycles. The Bertz CT molecular complexity index is 1310. The minimum atomic E-state index is -0.628. The molecule has 0 radical (unpaired) electrons. The lowest BCUT2D eigenvalue weighted by Crippen LogP contribution is -2.28. The van der Waals surface area contributed by atoms with E-state index in [9.17, 15) is 9.59 Å². The van der Waals surface area contributed by atoms with Gasteiger partial charge in [-0.05, 0) is 30.3 Å². The normalized spacial score (nSPS) is 10.6. The molecule has 4 rings (SSSR count). The Labute approximate surface area is 195 Å². The lowest BCUT2D eigenvalue weighted by atomic mass is 10.1. The Hall–Kier alpha value is -4.11. The van der Waals surface area contributed by atoms with Crippen molar-refractivity contribution in [1.82, 2.24) is 14.8 Å². The SMILES string of the molecule is CN(C(=O)c1ccnc(Sc2cccc(NC(N)=O)c2)c1)c1cc(-c2ccccc2)nn1C. The Kier molecular flexibility index (Phi) is 6.41. The predicted molar refractivity (Wildman–Crippen MR) is 129 cm³/mol. The first-order chi connectivity index (χ1) is 15.9. The average molecular weight is 459 g/mol. The molecule has 3 amide bonds. The van der Waals surface area contributed by atoms with Gasteiger partial charge in [0, 0.05) is 48.1 Å². The van der Waals surface area contributed by atoms with Gasteiger partial charge in [0.15, 0.2) is 0 Å². The number of rotatable bonds is 6. The van der Waals surface area contributed by atoms with Gasteiger partial charge in [0.05, 0.1) is 5.69 Å². The fraction of sp³-hybridized carbons (Fsp3) is 0.0833. The molecule has 0 unspecified atom stereocenters. The van der Waals surface area contributed by atoms with Crippen LogP contribution in [0.25, 0.3) is 11.3 Å². The third-order valence-electron chi connectivity index (χ3n) is 4.88. The summed E-state index contributed by atoms with van der Waals surface area (Å²) >= 11 is 1.38. The van der Waals surface area contributed by atoms with Crippen LogP contribution in [0.1, 0.15) is 10.4 Å². The van der Waals surface area contributed by atoms with E-state index in [1.54, 1.807) is 47.1 Å². The van der Waals surface area contributed by atoms with Crippen molar-refractivity contribution >= 4 is 35.2 Å². The van der Waals surface area contributed by atoms with Crippen molar-refractivity contribution in [3.05, 3.63) is 84.6 Å². The number of nitrogens with zero attached hydrogens (tertiary/aromatic N) is 4. The molecule has 0 saturated heterocycles. The quantitative estimate of drug-likeness (QED) is 0.445. The molecule has 0 bridgehead atoms. The van der Waals surface area contributed by atoms with E-state index in [4.69, 9.17) is 5.73 Å². The molecule has 2 aromatic carbocycles. The first-order valence-electron chi connectivity index (χ1n) is 10.1. The number of carbonyl (C=O) groups excluding carboxylic acids is 2. The van der Waals surface area contributed by atoms with Gasteiger partial charge < -0.3 is 11.1 Å². The van der Waals surface area contributed by atoms with Gasteiger partial charge in [-0.25, -0.2) is 9.78 Å². The van der Waals surface area contributed by atoms with Crippen LogP contribution in [0, 0.1) is 0 Å². The summed E-state index contributed by atoms with van der Waals surface area (Å²) in [5.74, 6) is 0.501. The third-order valence-corrected chi connectivity index (χ3v) is 5.80. The van der Waals surface area contributed by atoms with Crippen LogP contribution in [0.15, 0.2) is 88.9 Å².